The van der Waals surface area contributed by atoms with Crippen LogP contribution in [0, 0.1) is 0 Å². The number of nitrogens with zero attached hydrogens (tertiary/aromatic N) is 4. The molecular weight excluding hydrogens is 312 g/mol. The van der Waals surface area contributed by atoms with Crippen LogP contribution in [0.4, 0.5) is 0 Å². The zero-order valence-corrected chi connectivity index (χ0v) is 13.3. The highest BCUT2D eigenvalue weighted by atomic mass is 16.4. The van der Waals surface area contributed by atoms with Gasteiger partial charge in [0.25, 0.3) is 5.56 Å². The van der Waals surface area contributed by atoms with Crippen molar-refractivity contribution in [2.24, 2.45) is 0 Å². The molecule has 8 nitrogen and oxygen atoms in total. The van der Waals surface area contributed by atoms with Crippen LogP contribution in [-0.4, -0.2) is 49.0 Å². The first-order valence-electron chi connectivity index (χ1n) is 7.85. The minimum Gasteiger partial charge on any atom is -0.480 e. The number of fused-ring (bicyclic) bond motifs is 1. The highest BCUT2D eigenvalue weighted by molar-refractivity contribution is 5.84. The fourth-order valence-corrected chi connectivity index (χ4v) is 2.71. The van der Waals surface area contributed by atoms with Gasteiger partial charge in [-0.1, -0.05) is 17.3 Å². The van der Waals surface area contributed by atoms with Crippen molar-refractivity contribution < 1.29 is 14.7 Å². The number of amides is 1. The van der Waals surface area contributed by atoms with Gasteiger partial charge in [0.15, 0.2) is 0 Å². The lowest BCUT2D eigenvalue weighted by Gasteiger charge is -2.26. The van der Waals surface area contributed by atoms with Crippen molar-refractivity contribution in [2.75, 3.05) is 0 Å². The summed E-state index contributed by atoms with van der Waals surface area (Å²) in [5, 5.41) is 17.4. The molecular formula is C16H18N4O4. The van der Waals surface area contributed by atoms with Gasteiger partial charge >= 0.3 is 5.97 Å². The van der Waals surface area contributed by atoms with Gasteiger partial charge in [0.2, 0.25) is 5.91 Å². The summed E-state index contributed by atoms with van der Waals surface area (Å²) in [6.07, 6.45) is 1.65. The molecule has 1 unspecified atom stereocenters. The fraction of sp³-hybridized carbons (Fsp3) is 0.438. The molecule has 1 N–H and O–H groups in total. The molecule has 3 rings (SSSR count). The van der Waals surface area contributed by atoms with Crippen LogP contribution in [0.25, 0.3) is 10.9 Å². The van der Waals surface area contributed by atoms with E-state index in [2.05, 4.69) is 10.3 Å². The van der Waals surface area contributed by atoms with E-state index in [1.54, 1.807) is 24.3 Å². The number of carboxylic acids is 1. The maximum atomic E-state index is 12.4. The van der Waals surface area contributed by atoms with Crippen LogP contribution in [-0.2, 0) is 16.1 Å². The van der Waals surface area contributed by atoms with Gasteiger partial charge in [0.05, 0.1) is 11.9 Å². The Hall–Kier alpha value is -2.77. The summed E-state index contributed by atoms with van der Waals surface area (Å²) in [5.41, 5.74) is 0.196. The van der Waals surface area contributed by atoms with E-state index in [9.17, 15) is 14.4 Å². The second-order valence-corrected chi connectivity index (χ2v) is 5.93. The summed E-state index contributed by atoms with van der Waals surface area (Å²) >= 11 is 0. The third-order valence-corrected chi connectivity index (χ3v) is 4.17. The van der Waals surface area contributed by atoms with E-state index in [0.29, 0.717) is 10.9 Å². The SMILES string of the molecule is CC(C(=O)O)N(C(=O)CCn1nnc2ccccc2c1=O)C1CC1. The zero-order chi connectivity index (χ0) is 17.3. The van der Waals surface area contributed by atoms with Crippen molar-refractivity contribution in [3.8, 4) is 0 Å². The first kappa shape index (κ1) is 16.1. The van der Waals surface area contributed by atoms with Crippen molar-refractivity contribution in [1.29, 1.82) is 0 Å². The molecule has 2 aromatic rings. The lowest BCUT2D eigenvalue weighted by Crippen LogP contribution is -2.45. The quantitative estimate of drug-likeness (QED) is 0.833. The number of carbonyl (C=O) groups excluding carboxylic acids is 1. The number of benzene rings is 1. The molecule has 8 heteroatoms. The number of hydrogen-bond acceptors (Lipinski definition) is 5. The molecule has 24 heavy (non-hydrogen) atoms. The third-order valence-electron chi connectivity index (χ3n) is 4.17. The highest BCUT2D eigenvalue weighted by Gasteiger charge is 2.38. The van der Waals surface area contributed by atoms with E-state index in [-0.39, 0.29) is 30.5 Å². The summed E-state index contributed by atoms with van der Waals surface area (Å²) in [5.74, 6) is -1.31. The van der Waals surface area contributed by atoms with Gasteiger partial charge in [-0.2, -0.15) is 0 Å². The van der Waals surface area contributed by atoms with Crippen LogP contribution in [0.2, 0.25) is 0 Å². The van der Waals surface area contributed by atoms with Gasteiger partial charge in [-0.3, -0.25) is 9.59 Å². The minimum atomic E-state index is -1.03. The van der Waals surface area contributed by atoms with Gasteiger partial charge in [-0.15, -0.1) is 5.10 Å². The molecule has 1 aliphatic carbocycles. The lowest BCUT2D eigenvalue weighted by molar-refractivity contribution is -0.150. The van der Waals surface area contributed by atoms with Gasteiger partial charge < -0.3 is 10.0 Å². The molecule has 1 saturated carbocycles. The third kappa shape index (κ3) is 3.12. The Morgan fingerprint density at radius 3 is 2.75 bits per heavy atom. The van der Waals surface area contributed by atoms with E-state index in [4.69, 9.17) is 5.11 Å². The Morgan fingerprint density at radius 2 is 2.08 bits per heavy atom. The number of hydrogen-bond donors (Lipinski definition) is 1. The molecule has 1 aromatic heterocycles. The highest BCUT2D eigenvalue weighted by Crippen LogP contribution is 2.29. The first-order valence-corrected chi connectivity index (χ1v) is 7.85. The normalized spacial score (nSPS) is 15.2. The second kappa shape index (κ2) is 6.38. The molecule has 0 bridgehead atoms. The number of carbonyl (C=O) groups is 2. The van der Waals surface area contributed by atoms with Gasteiger partial charge in [0, 0.05) is 12.5 Å². The van der Waals surface area contributed by atoms with E-state index in [1.165, 1.54) is 11.8 Å². The summed E-state index contributed by atoms with van der Waals surface area (Å²) in [6, 6.07) is 5.98. The van der Waals surface area contributed by atoms with E-state index >= 15 is 0 Å². The van der Waals surface area contributed by atoms with E-state index < -0.39 is 12.0 Å². The van der Waals surface area contributed by atoms with Crippen molar-refractivity contribution in [3.05, 3.63) is 34.6 Å². The standard InChI is InChI=1S/C16H18N4O4/c1-10(16(23)24)20(11-6-7-11)14(21)8-9-19-15(22)12-4-2-3-5-13(12)17-18-19/h2-5,10-11H,6-9H2,1H3,(H,23,24). The monoisotopic (exact) mass is 330 g/mol. The number of carboxylic acid groups (broad SMARTS) is 1. The number of aryl methyl sites for hydroxylation is 1. The van der Waals surface area contributed by atoms with Crippen LogP contribution in [0.1, 0.15) is 26.2 Å². The molecule has 1 amide bonds. The van der Waals surface area contributed by atoms with Crippen molar-refractivity contribution >= 4 is 22.8 Å². The maximum absolute atomic E-state index is 12.4. The number of aliphatic carboxylic acids is 1. The molecule has 0 saturated heterocycles. The van der Waals surface area contributed by atoms with Crippen molar-refractivity contribution in [3.63, 3.8) is 0 Å². The largest absolute Gasteiger partial charge is 0.480 e. The number of aromatic nitrogens is 3. The molecule has 1 fully saturated rings. The molecule has 0 radical (unpaired) electrons. The molecule has 1 heterocycles. The van der Waals surface area contributed by atoms with E-state index in [0.717, 1.165) is 17.5 Å². The van der Waals surface area contributed by atoms with Crippen LogP contribution in [0.5, 0.6) is 0 Å². The second-order valence-electron chi connectivity index (χ2n) is 5.93. The molecule has 0 spiro atoms. The lowest BCUT2D eigenvalue weighted by atomic mass is 10.2. The maximum Gasteiger partial charge on any atom is 0.326 e. The van der Waals surface area contributed by atoms with Gasteiger partial charge in [0.1, 0.15) is 11.6 Å². The van der Waals surface area contributed by atoms with Crippen LogP contribution in [0.15, 0.2) is 29.1 Å². The van der Waals surface area contributed by atoms with Crippen LogP contribution in [0.3, 0.4) is 0 Å². The molecule has 0 aliphatic heterocycles. The Kier molecular flexibility index (Phi) is 4.28. The van der Waals surface area contributed by atoms with Crippen LogP contribution < -0.4 is 5.56 Å². The zero-order valence-electron chi connectivity index (χ0n) is 13.3. The molecule has 1 aliphatic rings. The Labute approximate surface area is 137 Å². The molecule has 1 aromatic carbocycles. The van der Waals surface area contributed by atoms with Gasteiger partial charge in [-0.25, -0.2) is 9.48 Å². The topological polar surface area (TPSA) is 105 Å². The molecule has 126 valence electrons. The fourth-order valence-electron chi connectivity index (χ4n) is 2.71. The average Bonchev–Trinajstić information content (AvgIpc) is 3.39. The Morgan fingerprint density at radius 1 is 1.38 bits per heavy atom. The smallest absolute Gasteiger partial charge is 0.326 e. The van der Waals surface area contributed by atoms with Gasteiger partial charge in [-0.05, 0) is 31.9 Å². The number of rotatable bonds is 6. The predicted molar refractivity (Wildman–Crippen MR) is 85.4 cm³/mol. The van der Waals surface area contributed by atoms with Crippen LogP contribution >= 0.6 is 0 Å². The van der Waals surface area contributed by atoms with E-state index in [1.807, 2.05) is 0 Å². The predicted octanol–water partition coefficient (Wildman–Crippen LogP) is 0.646. The molecule has 1 atom stereocenters. The van der Waals surface area contributed by atoms with Crippen molar-refractivity contribution in [1.82, 2.24) is 19.9 Å². The first-order chi connectivity index (χ1) is 11.5. The minimum absolute atomic E-state index is 0.0111. The average molecular weight is 330 g/mol. The summed E-state index contributed by atoms with van der Waals surface area (Å²) in [4.78, 5) is 37.3. The summed E-state index contributed by atoms with van der Waals surface area (Å²) < 4.78 is 1.15. The van der Waals surface area contributed by atoms with Crippen molar-refractivity contribution in [2.45, 2.75) is 44.8 Å². The Bertz CT molecular complexity index is 843. The Balaban J connectivity index is 1.75. The summed E-state index contributed by atoms with van der Waals surface area (Å²) in [7, 11) is 0. The summed E-state index contributed by atoms with van der Waals surface area (Å²) in [6.45, 7) is 1.58.